The second kappa shape index (κ2) is 6.41. The minimum atomic E-state index is 0.420. The van der Waals surface area contributed by atoms with Crippen LogP contribution in [-0.2, 0) is 19.4 Å². The van der Waals surface area contributed by atoms with Crippen LogP contribution < -0.4 is 4.57 Å². The molecule has 2 heterocycles. The van der Waals surface area contributed by atoms with Gasteiger partial charge < -0.3 is 0 Å². The van der Waals surface area contributed by atoms with Gasteiger partial charge in [-0.2, -0.15) is 9.78 Å². The molecule has 0 unspecified atom stereocenters. The molecule has 1 aromatic carbocycles. The van der Waals surface area contributed by atoms with E-state index in [2.05, 4.69) is 45.1 Å². The molecule has 0 saturated heterocycles. The molecule has 25 heavy (non-hydrogen) atoms. The van der Waals surface area contributed by atoms with Crippen molar-refractivity contribution in [1.82, 2.24) is 20.2 Å². The van der Waals surface area contributed by atoms with Crippen molar-refractivity contribution < 1.29 is 4.57 Å². The van der Waals surface area contributed by atoms with Crippen LogP contribution in [0.1, 0.15) is 36.1 Å². The first-order chi connectivity index (χ1) is 12.2. The van der Waals surface area contributed by atoms with Crippen LogP contribution in [0.5, 0.6) is 0 Å². The van der Waals surface area contributed by atoms with Crippen LogP contribution >= 0.6 is 12.2 Å². The summed E-state index contributed by atoms with van der Waals surface area (Å²) >= 11 is 5.23. The lowest BCUT2D eigenvalue weighted by molar-refractivity contribution is -0.666. The maximum Gasteiger partial charge on any atom is 0.242 e. The molecule has 0 spiro atoms. The summed E-state index contributed by atoms with van der Waals surface area (Å²) in [7, 11) is 0. The molecule has 1 aliphatic carbocycles. The van der Waals surface area contributed by atoms with Gasteiger partial charge in [0.1, 0.15) is 0 Å². The first-order valence-corrected chi connectivity index (χ1v) is 9.03. The van der Waals surface area contributed by atoms with Crippen molar-refractivity contribution in [2.24, 2.45) is 0 Å². The van der Waals surface area contributed by atoms with E-state index in [9.17, 15) is 0 Å². The lowest BCUT2D eigenvalue weighted by Gasteiger charge is -2.13. The molecule has 0 amide bonds. The van der Waals surface area contributed by atoms with Crippen molar-refractivity contribution in [3.8, 4) is 18.0 Å². The Labute approximate surface area is 151 Å². The molecule has 0 atom stereocenters. The maximum absolute atomic E-state index is 5.68. The van der Waals surface area contributed by atoms with Crippen molar-refractivity contribution in [3.05, 3.63) is 39.8 Å². The molecule has 1 aliphatic rings. The lowest BCUT2D eigenvalue weighted by atomic mass is 9.97. The van der Waals surface area contributed by atoms with Crippen molar-refractivity contribution in [1.29, 1.82) is 0 Å². The van der Waals surface area contributed by atoms with Crippen LogP contribution in [-0.4, -0.2) is 20.2 Å². The zero-order chi connectivity index (χ0) is 17.4. The van der Waals surface area contributed by atoms with E-state index in [1.807, 2.05) is 6.07 Å². The quantitative estimate of drug-likeness (QED) is 0.335. The van der Waals surface area contributed by atoms with E-state index < -0.39 is 0 Å². The van der Waals surface area contributed by atoms with Gasteiger partial charge >= 0.3 is 0 Å². The molecule has 126 valence electrons. The fourth-order valence-electron chi connectivity index (χ4n) is 3.91. The normalized spacial score (nSPS) is 14.1. The summed E-state index contributed by atoms with van der Waals surface area (Å²) in [6, 6.07) is 6.31. The monoisotopic (exact) mass is 350 g/mol. The van der Waals surface area contributed by atoms with Gasteiger partial charge in [0.05, 0.1) is 11.1 Å². The average molecular weight is 350 g/mol. The third-order valence-corrected chi connectivity index (χ3v) is 5.39. The van der Waals surface area contributed by atoms with Gasteiger partial charge in [-0.05, 0) is 62.0 Å². The molecule has 0 bridgehead atoms. The molecule has 6 heteroatoms. The van der Waals surface area contributed by atoms with E-state index >= 15 is 0 Å². The van der Waals surface area contributed by atoms with Gasteiger partial charge in [-0.1, -0.05) is 16.7 Å². The Hall–Kier alpha value is -2.52. The number of terminal acetylenes is 1. The number of fused-ring (bicyclic) bond motifs is 2. The summed E-state index contributed by atoms with van der Waals surface area (Å²) in [6.45, 7) is 2.82. The number of aryl methyl sites for hydroxylation is 1. The first kappa shape index (κ1) is 16.0. The van der Waals surface area contributed by atoms with E-state index in [0.29, 0.717) is 11.3 Å². The molecular weight excluding hydrogens is 330 g/mol. The van der Waals surface area contributed by atoms with Crippen LogP contribution in [0.3, 0.4) is 0 Å². The summed E-state index contributed by atoms with van der Waals surface area (Å²) < 4.78 is 4.45. The number of tetrazole rings is 1. The highest BCUT2D eigenvalue weighted by molar-refractivity contribution is 7.71. The van der Waals surface area contributed by atoms with Gasteiger partial charge in [-0.15, -0.1) is 6.42 Å². The van der Waals surface area contributed by atoms with Gasteiger partial charge in [0, 0.05) is 18.1 Å². The minimum Gasteiger partial charge on any atom is -0.210 e. The van der Waals surface area contributed by atoms with E-state index in [-0.39, 0.29) is 0 Å². The third-order valence-electron chi connectivity index (χ3n) is 5.12. The molecule has 5 nitrogen and oxygen atoms in total. The molecular formula is C19H20N5S+. The van der Waals surface area contributed by atoms with Crippen molar-refractivity contribution in [2.75, 3.05) is 0 Å². The number of hydrogen-bond donors (Lipinski definition) is 1. The Balaban J connectivity index is 2.03. The number of rotatable bonds is 2. The Morgan fingerprint density at radius 2 is 2.16 bits per heavy atom. The molecule has 0 saturated carbocycles. The summed E-state index contributed by atoms with van der Waals surface area (Å²) in [4.78, 5) is 0. The SMILES string of the molecule is C#CC[n+]1c2c(c(C)c3cc(-n4[nH]nnc4=S)ccc31)CCCCC2. The number of benzene rings is 1. The van der Waals surface area contributed by atoms with Gasteiger partial charge in [0.25, 0.3) is 0 Å². The Morgan fingerprint density at radius 3 is 2.92 bits per heavy atom. The number of aromatic amines is 1. The van der Waals surface area contributed by atoms with Crippen molar-refractivity contribution in [2.45, 2.75) is 45.6 Å². The van der Waals surface area contributed by atoms with Crippen molar-refractivity contribution in [3.63, 3.8) is 0 Å². The lowest BCUT2D eigenvalue weighted by Crippen LogP contribution is -2.40. The fourth-order valence-corrected chi connectivity index (χ4v) is 4.10. The van der Waals surface area contributed by atoms with E-state index in [1.54, 1.807) is 4.68 Å². The second-order valence-electron chi connectivity index (χ2n) is 6.52. The predicted octanol–water partition coefficient (Wildman–Crippen LogP) is 2.98. The zero-order valence-corrected chi connectivity index (χ0v) is 15.1. The minimum absolute atomic E-state index is 0.420. The Bertz CT molecular complexity index is 1050. The molecule has 2 aromatic heterocycles. The fraction of sp³-hybridized carbons (Fsp3) is 0.368. The van der Waals surface area contributed by atoms with Gasteiger partial charge in [-0.25, -0.2) is 4.68 Å². The van der Waals surface area contributed by atoms with Gasteiger partial charge in [-0.3, -0.25) is 0 Å². The van der Waals surface area contributed by atoms with Crippen LogP contribution in [0.25, 0.3) is 16.6 Å². The highest BCUT2D eigenvalue weighted by Gasteiger charge is 2.25. The molecule has 0 radical (unpaired) electrons. The number of H-pyrrole nitrogens is 1. The highest BCUT2D eigenvalue weighted by atomic mass is 32.1. The number of nitrogens with one attached hydrogen (secondary N) is 1. The molecule has 0 aliphatic heterocycles. The van der Waals surface area contributed by atoms with Crippen molar-refractivity contribution >= 4 is 23.1 Å². The summed E-state index contributed by atoms with van der Waals surface area (Å²) in [5.74, 6) is 2.83. The zero-order valence-electron chi connectivity index (χ0n) is 14.2. The number of hydrogen-bond acceptors (Lipinski definition) is 3. The molecule has 3 aromatic rings. The maximum atomic E-state index is 5.68. The molecule has 1 N–H and O–H groups in total. The predicted molar refractivity (Wildman–Crippen MR) is 99.1 cm³/mol. The van der Waals surface area contributed by atoms with Crippen LogP contribution in [0, 0.1) is 24.0 Å². The van der Waals surface area contributed by atoms with E-state index in [1.165, 1.54) is 47.0 Å². The Kier molecular flexibility index (Phi) is 4.10. The number of aromatic nitrogens is 5. The molecule has 0 fully saturated rings. The Morgan fingerprint density at radius 1 is 1.32 bits per heavy atom. The molecule has 4 rings (SSSR count). The van der Waals surface area contributed by atoms with Gasteiger partial charge in [0.15, 0.2) is 5.69 Å². The van der Waals surface area contributed by atoms with Crippen LogP contribution in [0.2, 0.25) is 0 Å². The van der Waals surface area contributed by atoms with E-state index in [4.69, 9.17) is 18.6 Å². The standard InChI is InChI=1S/C19H19N5S/c1-3-11-23-17-8-6-4-5-7-15(17)13(2)16-12-14(9-10-18(16)23)24-19(25)20-21-22-24/h1,9-10,12H,4-8,11H2,2H3/p+1. The van der Waals surface area contributed by atoms with Gasteiger partial charge in [0.2, 0.25) is 16.8 Å². The smallest absolute Gasteiger partial charge is 0.210 e. The largest absolute Gasteiger partial charge is 0.242 e. The topological polar surface area (TPSA) is 50.4 Å². The van der Waals surface area contributed by atoms with Crippen LogP contribution in [0.15, 0.2) is 18.2 Å². The van der Waals surface area contributed by atoms with E-state index in [0.717, 1.165) is 18.5 Å². The average Bonchev–Trinajstić information content (AvgIpc) is 2.90. The number of pyridine rings is 1. The first-order valence-electron chi connectivity index (χ1n) is 8.62. The highest BCUT2D eigenvalue weighted by Crippen LogP contribution is 2.28. The summed E-state index contributed by atoms with van der Waals surface area (Å²) in [6.07, 6.45) is 11.7. The second-order valence-corrected chi connectivity index (χ2v) is 6.89. The third kappa shape index (κ3) is 2.65. The number of nitrogens with zero attached hydrogens (tertiary/aromatic N) is 4. The van der Waals surface area contributed by atoms with Crippen LogP contribution in [0.4, 0.5) is 0 Å². The summed E-state index contributed by atoms with van der Waals surface area (Å²) in [5.41, 5.74) is 6.34. The summed E-state index contributed by atoms with van der Waals surface area (Å²) in [5, 5.41) is 11.7.